The molecule has 0 saturated carbocycles. The molecule has 1 amide bonds. The Balaban J connectivity index is 1.99. The predicted molar refractivity (Wildman–Crippen MR) is 163 cm³/mol. The third kappa shape index (κ3) is 8.62. The van der Waals surface area contributed by atoms with Crippen molar-refractivity contribution < 1.29 is 65.3 Å². The van der Waals surface area contributed by atoms with Gasteiger partial charge in [-0.2, -0.15) is 0 Å². The lowest BCUT2D eigenvalue weighted by atomic mass is 9.70. The van der Waals surface area contributed by atoms with Crippen molar-refractivity contribution in [2.45, 2.75) is 143 Å². The highest BCUT2D eigenvalue weighted by atomic mass is 16.7. The molecule has 2 aliphatic heterocycles. The molecule has 46 heavy (non-hydrogen) atoms. The van der Waals surface area contributed by atoms with Crippen LogP contribution in [0.1, 0.15) is 77.2 Å². The summed E-state index contributed by atoms with van der Waals surface area (Å²) in [5.41, 5.74) is 0.380. The topological polar surface area (TPSA) is 250 Å². The van der Waals surface area contributed by atoms with Crippen LogP contribution in [0.15, 0.2) is 30.3 Å². The van der Waals surface area contributed by atoms with Crippen LogP contribution in [0.25, 0.3) is 0 Å². The largest absolute Gasteiger partial charge is 0.394 e. The van der Waals surface area contributed by atoms with Crippen LogP contribution in [-0.2, 0) is 19.7 Å². The van der Waals surface area contributed by atoms with Crippen LogP contribution in [-0.4, -0.2) is 137 Å². The van der Waals surface area contributed by atoms with E-state index in [-0.39, 0.29) is 6.42 Å². The molecular formula is C32H53NO13. The van der Waals surface area contributed by atoms with Gasteiger partial charge >= 0.3 is 0 Å². The zero-order chi connectivity index (χ0) is 34.3. The molecule has 0 aromatic heterocycles. The van der Waals surface area contributed by atoms with Crippen LogP contribution in [0.3, 0.4) is 0 Å². The van der Waals surface area contributed by atoms with Gasteiger partial charge in [0, 0.05) is 30.7 Å². The molecule has 2 unspecified atom stereocenters. The molecular weight excluding hydrogens is 606 g/mol. The normalized spacial score (nSPS) is 35.9. The zero-order valence-electron chi connectivity index (χ0n) is 26.6. The molecule has 14 heteroatoms. The van der Waals surface area contributed by atoms with Crippen molar-refractivity contribution in [2.24, 2.45) is 0 Å². The molecule has 264 valence electrons. The van der Waals surface area contributed by atoms with Gasteiger partial charge in [-0.05, 0) is 18.4 Å². The van der Waals surface area contributed by atoms with E-state index in [4.69, 9.17) is 9.47 Å². The minimum Gasteiger partial charge on any atom is -0.394 e. The summed E-state index contributed by atoms with van der Waals surface area (Å²) in [4.78, 5) is 14.0. The van der Waals surface area contributed by atoms with Gasteiger partial charge in [0.05, 0.1) is 13.2 Å². The van der Waals surface area contributed by atoms with Crippen molar-refractivity contribution in [3.8, 4) is 0 Å². The van der Waals surface area contributed by atoms with E-state index in [9.17, 15) is 55.9 Å². The second-order valence-corrected chi connectivity index (χ2v) is 12.9. The number of aliphatic hydroxyl groups excluding tert-OH is 8. The van der Waals surface area contributed by atoms with Gasteiger partial charge in [0.2, 0.25) is 5.91 Å². The van der Waals surface area contributed by atoms with Gasteiger partial charge < -0.3 is 65.9 Å². The van der Waals surface area contributed by atoms with Crippen molar-refractivity contribution in [2.75, 3.05) is 13.2 Å². The number of nitrogens with one attached hydrogen (secondary N) is 1. The first-order chi connectivity index (χ1) is 21.7. The molecule has 2 saturated heterocycles. The number of aliphatic hydroxyl groups is 10. The predicted octanol–water partition coefficient (Wildman–Crippen LogP) is -1.72. The molecule has 2 heterocycles. The van der Waals surface area contributed by atoms with Crippen molar-refractivity contribution >= 4 is 5.91 Å². The Morgan fingerprint density at radius 3 is 1.61 bits per heavy atom. The lowest BCUT2D eigenvalue weighted by Gasteiger charge is -2.49. The quantitative estimate of drug-likeness (QED) is 0.0947. The summed E-state index contributed by atoms with van der Waals surface area (Å²) >= 11 is 0. The summed E-state index contributed by atoms with van der Waals surface area (Å²) < 4.78 is 10.8. The highest BCUT2D eigenvalue weighted by Gasteiger charge is 2.57. The van der Waals surface area contributed by atoms with Crippen LogP contribution in [0.4, 0.5) is 0 Å². The maximum atomic E-state index is 14.0. The number of hydrogen-bond acceptors (Lipinski definition) is 13. The van der Waals surface area contributed by atoms with Crippen LogP contribution in [0, 0.1) is 0 Å². The van der Waals surface area contributed by atoms with Crippen molar-refractivity contribution in [3.05, 3.63) is 35.9 Å². The van der Waals surface area contributed by atoms with E-state index >= 15 is 0 Å². The van der Waals surface area contributed by atoms with Crippen molar-refractivity contribution in [1.82, 2.24) is 5.32 Å². The monoisotopic (exact) mass is 659 g/mol. The van der Waals surface area contributed by atoms with E-state index in [1.165, 1.54) is 0 Å². The Hall–Kier alpha value is -1.79. The standard InChI is InChI=1S/C32H53NO13/c1-3-5-12-30(13-6-4-2,19-10-8-7-9-11-19)16-23(36)33-20(14-31(43)28(41)26(39)24(37)21(17-34)45-31)15-32(44)29(42)27(40)25(38)22(18-35)46-32/h7-11,20-22,24-29,34-35,37-44H,3-6,12-18H2,1-2H3,(H,33,36)/t20?,21-,22-,24-,25-,26+,27+,28-,29-,31?,32?/m1/s1. The molecule has 14 nitrogen and oxygen atoms in total. The smallest absolute Gasteiger partial charge is 0.221 e. The first-order valence-corrected chi connectivity index (χ1v) is 16.2. The van der Waals surface area contributed by atoms with Crippen LogP contribution >= 0.6 is 0 Å². The number of ether oxygens (including phenoxy) is 2. The zero-order valence-corrected chi connectivity index (χ0v) is 26.6. The molecule has 0 bridgehead atoms. The van der Waals surface area contributed by atoms with Gasteiger partial charge in [0.1, 0.15) is 48.8 Å². The molecule has 2 fully saturated rings. The number of amides is 1. The number of unbranched alkanes of at least 4 members (excludes halogenated alkanes) is 2. The van der Waals surface area contributed by atoms with Gasteiger partial charge in [-0.15, -0.1) is 0 Å². The number of hydrogen-bond donors (Lipinski definition) is 11. The van der Waals surface area contributed by atoms with E-state index in [1.807, 2.05) is 44.2 Å². The second-order valence-electron chi connectivity index (χ2n) is 12.9. The molecule has 11 N–H and O–H groups in total. The first kappa shape index (κ1) is 38.7. The summed E-state index contributed by atoms with van der Waals surface area (Å²) in [7, 11) is 0. The number of rotatable bonds is 16. The van der Waals surface area contributed by atoms with Gasteiger partial charge in [-0.25, -0.2) is 0 Å². The van der Waals surface area contributed by atoms with Gasteiger partial charge in [0.25, 0.3) is 0 Å². The fourth-order valence-corrected chi connectivity index (χ4v) is 6.76. The average molecular weight is 660 g/mol. The maximum absolute atomic E-state index is 14.0. The van der Waals surface area contributed by atoms with Gasteiger partial charge in [0.15, 0.2) is 11.6 Å². The van der Waals surface area contributed by atoms with E-state index in [0.29, 0.717) is 12.8 Å². The maximum Gasteiger partial charge on any atom is 0.221 e. The summed E-state index contributed by atoms with van der Waals surface area (Å²) in [5.74, 6) is -5.90. The molecule has 0 radical (unpaired) electrons. The van der Waals surface area contributed by atoms with Crippen molar-refractivity contribution in [3.63, 3.8) is 0 Å². The molecule has 0 aliphatic carbocycles. The lowest BCUT2D eigenvalue weighted by Crippen LogP contribution is -2.68. The third-order valence-electron chi connectivity index (χ3n) is 9.45. The highest BCUT2D eigenvalue weighted by molar-refractivity contribution is 5.78. The Morgan fingerprint density at radius 2 is 1.22 bits per heavy atom. The van der Waals surface area contributed by atoms with E-state index < -0.39 is 104 Å². The van der Waals surface area contributed by atoms with Gasteiger partial charge in [-0.1, -0.05) is 69.9 Å². The number of carbonyl (C=O) groups excluding carboxylic acids is 1. The Morgan fingerprint density at radius 1 is 0.783 bits per heavy atom. The molecule has 10 atom stereocenters. The number of benzene rings is 1. The fraction of sp³-hybridized carbons (Fsp3) is 0.781. The van der Waals surface area contributed by atoms with E-state index in [0.717, 1.165) is 31.2 Å². The summed E-state index contributed by atoms with van der Waals surface area (Å²) in [5, 5.41) is 108. The molecule has 1 aromatic carbocycles. The van der Waals surface area contributed by atoms with Crippen LogP contribution in [0.5, 0.6) is 0 Å². The molecule has 1 aromatic rings. The molecule has 3 rings (SSSR count). The third-order valence-corrected chi connectivity index (χ3v) is 9.45. The lowest BCUT2D eigenvalue weighted by molar-refractivity contribution is -0.363. The van der Waals surface area contributed by atoms with Gasteiger partial charge in [-0.3, -0.25) is 4.79 Å². The highest BCUT2D eigenvalue weighted by Crippen LogP contribution is 2.40. The van der Waals surface area contributed by atoms with Crippen molar-refractivity contribution in [1.29, 1.82) is 0 Å². The number of carbonyl (C=O) groups is 1. The van der Waals surface area contributed by atoms with E-state index in [2.05, 4.69) is 5.32 Å². The summed E-state index contributed by atoms with van der Waals surface area (Å²) in [6, 6.07) is 8.19. The molecule has 0 spiro atoms. The van der Waals surface area contributed by atoms with Crippen LogP contribution in [0.2, 0.25) is 0 Å². The summed E-state index contributed by atoms with van der Waals surface area (Å²) in [6.07, 6.45) is -11.4. The Bertz CT molecular complexity index is 1030. The second kappa shape index (κ2) is 16.5. The Kier molecular flexibility index (Phi) is 13.9. The SMILES string of the molecule is CCCCC(CCCC)(CC(=O)NC(CC1(O)O[C@H](CO)[C@@H](O)[C@H](O)[C@H]1O)CC1(O)O[C@H](CO)[C@@H](O)[C@H](O)[C@H]1O)c1ccccc1. The minimum atomic E-state index is -2.69. The van der Waals surface area contributed by atoms with E-state index in [1.54, 1.807) is 0 Å². The molecule has 2 aliphatic rings. The summed E-state index contributed by atoms with van der Waals surface area (Å²) in [6.45, 7) is 2.42. The fourth-order valence-electron chi connectivity index (χ4n) is 6.76. The minimum absolute atomic E-state index is 0.0155. The average Bonchev–Trinajstić information content (AvgIpc) is 3.04. The first-order valence-electron chi connectivity index (χ1n) is 16.2. The van der Waals surface area contributed by atoms with Crippen LogP contribution < -0.4 is 5.32 Å². The Labute approximate surface area is 269 Å².